The smallest absolute Gasteiger partial charge is 0.312 e. The molecule has 3 aromatic rings. The van der Waals surface area contributed by atoms with Crippen molar-refractivity contribution >= 4 is 42.7 Å². The van der Waals surface area contributed by atoms with E-state index >= 15 is 0 Å². The Kier molecular flexibility index (Phi) is 9.63. The number of hydrogen-bond acceptors (Lipinski definition) is 7. The predicted octanol–water partition coefficient (Wildman–Crippen LogP) is 3.68. The van der Waals surface area contributed by atoms with Crippen molar-refractivity contribution in [1.82, 2.24) is 14.6 Å². The molecule has 13 heteroatoms. The quantitative estimate of drug-likeness (QED) is 0.263. The summed E-state index contributed by atoms with van der Waals surface area (Å²) in [6.07, 6.45) is -1.61. The van der Waals surface area contributed by atoms with Crippen LogP contribution >= 0.6 is 11.3 Å². The monoisotopic (exact) mass is 569 g/mol. The number of aliphatic hydroxyl groups is 1. The van der Waals surface area contributed by atoms with Crippen molar-refractivity contribution in [3.8, 4) is 0 Å². The molecule has 0 bridgehead atoms. The molecule has 0 saturated heterocycles. The summed E-state index contributed by atoms with van der Waals surface area (Å²) in [6.45, 7) is 7.31. The fraction of sp³-hybridized carbons (Fsp3) is 0.440. The highest BCUT2D eigenvalue weighted by Gasteiger charge is 2.31. The van der Waals surface area contributed by atoms with Gasteiger partial charge < -0.3 is 21.5 Å². The number of nitrogens with two attached hydrogens (primary N) is 1. The predicted molar refractivity (Wildman–Crippen MR) is 145 cm³/mol. The molecule has 1 aromatic heterocycles. The second-order valence-electron chi connectivity index (χ2n) is 9.83. The molecule has 0 radical (unpaired) electrons. The van der Waals surface area contributed by atoms with Gasteiger partial charge in [-0.3, -0.25) is 0 Å². The van der Waals surface area contributed by atoms with Crippen molar-refractivity contribution in [1.29, 1.82) is 0 Å². The van der Waals surface area contributed by atoms with Crippen LogP contribution in [0.1, 0.15) is 33.3 Å². The summed E-state index contributed by atoms with van der Waals surface area (Å²) >= 11 is 1.33. The maximum atomic E-state index is 13.7. The second kappa shape index (κ2) is 12.3. The fourth-order valence-corrected chi connectivity index (χ4v) is 6.76. The van der Waals surface area contributed by atoms with Gasteiger partial charge in [-0.05, 0) is 62.1 Å². The molecule has 1 heterocycles. The summed E-state index contributed by atoms with van der Waals surface area (Å²) in [5, 5.41) is 17.3. The number of urea groups is 1. The maximum absolute atomic E-state index is 13.7. The molecule has 0 fully saturated rings. The lowest BCUT2D eigenvalue weighted by Gasteiger charge is -2.30. The summed E-state index contributed by atoms with van der Waals surface area (Å²) in [4.78, 5) is 16.1. The van der Waals surface area contributed by atoms with Gasteiger partial charge in [0.25, 0.3) is 0 Å². The zero-order valence-corrected chi connectivity index (χ0v) is 23.2. The van der Waals surface area contributed by atoms with Crippen LogP contribution in [0.2, 0.25) is 0 Å². The SMILES string of the molecule is CC(C)CN(C[C@@H](O)[C@H](Cc1cc(F)cc(F)c1)NC(N)=O)S(=O)(=O)c1ccc2nc(NC(C)C)sc2c1. The Hall–Kier alpha value is -2.87. The molecule has 0 aliphatic carbocycles. The third-order valence-corrected chi connectivity index (χ3v) is 8.32. The van der Waals surface area contributed by atoms with Crippen molar-refractivity contribution < 1.29 is 27.1 Å². The number of thiazole rings is 1. The van der Waals surface area contributed by atoms with Crippen molar-refractivity contribution in [2.24, 2.45) is 11.7 Å². The Bertz CT molecular complexity index is 1360. The van der Waals surface area contributed by atoms with E-state index in [2.05, 4.69) is 15.6 Å². The first-order valence-electron chi connectivity index (χ1n) is 12.1. The highest BCUT2D eigenvalue weighted by atomic mass is 32.2. The number of nitrogens with one attached hydrogen (secondary N) is 2. The Morgan fingerprint density at radius 1 is 1.11 bits per heavy atom. The van der Waals surface area contributed by atoms with Crippen LogP contribution in [0.3, 0.4) is 0 Å². The molecule has 2 amide bonds. The summed E-state index contributed by atoms with van der Waals surface area (Å²) in [5.74, 6) is -1.73. The first kappa shape index (κ1) is 29.7. The van der Waals surface area contributed by atoms with E-state index in [1.165, 1.54) is 17.4 Å². The fourth-order valence-electron chi connectivity index (χ4n) is 3.99. The minimum atomic E-state index is -4.08. The number of hydrogen-bond donors (Lipinski definition) is 4. The van der Waals surface area contributed by atoms with Gasteiger partial charge in [0.2, 0.25) is 10.0 Å². The standard InChI is InChI=1S/C25H33F2N5O4S2/c1-14(2)12-32(13-22(33)21(30-24(28)34)9-16-7-17(26)10-18(27)8-16)38(35,36)19-5-6-20-23(11-19)37-25(31-20)29-15(3)4/h5-8,10-11,14-15,21-22,33H,9,12-13H2,1-4H3,(H,29,31)(H3,28,30,34)/t21-,22+/m0/s1. The number of halogens is 2. The van der Waals surface area contributed by atoms with Gasteiger partial charge in [-0.15, -0.1) is 0 Å². The number of benzene rings is 2. The van der Waals surface area contributed by atoms with Crippen LogP contribution in [0.25, 0.3) is 10.2 Å². The molecule has 3 rings (SSSR count). The molecule has 2 atom stereocenters. The minimum absolute atomic E-state index is 0.0317. The zero-order chi connectivity index (χ0) is 28.2. The average Bonchev–Trinajstić information content (AvgIpc) is 3.17. The molecule has 5 N–H and O–H groups in total. The van der Waals surface area contributed by atoms with Gasteiger partial charge in [0.1, 0.15) is 11.6 Å². The van der Waals surface area contributed by atoms with E-state index in [0.717, 1.165) is 16.4 Å². The van der Waals surface area contributed by atoms with E-state index in [9.17, 15) is 27.1 Å². The van der Waals surface area contributed by atoms with E-state index in [4.69, 9.17) is 5.73 Å². The number of carbonyl (C=O) groups is 1. The van der Waals surface area contributed by atoms with E-state index < -0.39 is 39.8 Å². The Balaban J connectivity index is 1.90. The number of carbonyl (C=O) groups excluding carboxylic acids is 1. The number of amides is 2. The number of rotatable bonds is 12. The first-order valence-corrected chi connectivity index (χ1v) is 14.4. The van der Waals surface area contributed by atoms with Gasteiger partial charge in [-0.1, -0.05) is 25.2 Å². The van der Waals surface area contributed by atoms with Crippen molar-refractivity contribution in [3.05, 3.63) is 53.6 Å². The van der Waals surface area contributed by atoms with Gasteiger partial charge >= 0.3 is 6.03 Å². The van der Waals surface area contributed by atoms with Crippen LogP contribution in [0.4, 0.5) is 18.7 Å². The van der Waals surface area contributed by atoms with E-state index in [-0.39, 0.29) is 41.9 Å². The largest absolute Gasteiger partial charge is 0.390 e. The summed E-state index contributed by atoms with van der Waals surface area (Å²) < 4.78 is 56.6. The summed E-state index contributed by atoms with van der Waals surface area (Å²) in [5.41, 5.74) is 6.09. The third kappa shape index (κ3) is 7.82. The number of anilines is 1. The molecule has 9 nitrogen and oxygen atoms in total. The number of aliphatic hydroxyl groups excluding tert-OH is 1. The maximum Gasteiger partial charge on any atom is 0.312 e. The number of aromatic nitrogens is 1. The molecule has 0 saturated carbocycles. The van der Waals surface area contributed by atoms with Crippen LogP contribution in [-0.4, -0.2) is 60.1 Å². The molecule has 38 heavy (non-hydrogen) atoms. The Morgan fingerprint density at radius 2 is 1.76 bits per heavy atom. The lowest BCUT2D eigenvalue weighted by molar-refractivity contribution is 0.105. The second-order valence-corrected chi connectivity index (χ2v) is 12.8. The average molecular weight is 570 g/mol. The highest BCUT2D eigenvalue weighted by Crippen LogP contribution is 2.30. The molecule has 0 unspecified atom stereocenters. The molecule has 0 aliphatic rings. The molecular formula is C25H33F2N5O4S2. The van der Waals surface area contributed by atoms with Crippen LogP contribution in [0.15, 0.2) is 41.3 Å². The Morgan fingerprint density at radius 3 is 2.34 bits per heavy atom. The number of nitrogens with zero attached hydrogens (tertiary/aromatic N) is 2. The van der Waals surface area contributed by atoms with Crippen molar-refractivity contribution in [3.63, 3.8) is 0 Å². The number of fused-ring (bicyclic) bond motifs is 1. The molecule has 0 spiro atoms. The van der Waals surface area contributed by atoms with Crippen molar-refractivity contribution in [2.45, 2.75) is 57.2 Å². The number of sulfonamides is 1. The van der Waals surface area contributed by atoms with E-state index in [1.54, 1.807) is 12.1 Å². The van der Waals surface area contributed by atoms with Crippen LogP contribution in [-0.2, 0) is 16.4 Å². The molecule has 208 valence electrons. The molecule has 2 aromatic carbocycles. The molecular weight excluding hydrogens is 536 g/mol. The van der Waals surface area contributed by atoms with Gasteiger partial charge in [-0.25, -0.2) is 27.0 Å². The van der Waals surface area contributed by atoms with Crippen molar-refractivity contribution in [2.75, 3.05) is 18.4 Å². The highest BCUT2D eigenvalue weighted by molar-refractivity contribution is 7.89. The Labute approximate surface area is 225 Å². The minimum Gasteiger partial charge on any atom is -0.390 e. The topological polar surface area (TPSA) is 138 Å². The normalized spacial score (nSPS) is 13.8. The van der Waals surface area contributed by atoms with Crippen LogP contribution in [0.5, 0.6) is 0 Å². The lowest BCUT2D eigenvalue weighted by atomic mass is 10.0. The molecule has 0 aliphatic heterocycles. The summed E-state index contributed by atoms with van der Waals surface area (Å²) in [6, 6.07) is 5.57. The van der Waals surface area contributed by atoms with Gasteiger partial charge in [-0.2, -0.15) is 4.31 Å². The van der Waals surface area contributed by atoms with Crippen LogP contribution in [0, 0.1) is 17.6 Å². The summed E-state index contributed by atoms with van der Waals surface area (Å²) in [7, 11) is -4.08. The van der Waals surface area contributed by atoms with Gasteiger partial charge in [0, 0.05) is 25.2 Å². The van der Waals surface area contributed by atoms with Gasteiger partial charge in [0.15, 0.2) is 5.13 Å². The first-order chi connectivity index (χ1) is 17.7. The number of primary amides is 1. The van der Waals surface area contributed by atoms with Crippen LogP contribution < -0.4 is 16.4 Å². The zero-order valence-electron chi connectivity index (χ0n) is 21.6. The van der Waals surface area contributed by atoms with E-state index in [0.29, 0.717) is 21.4 Å². The van der Waals surface area contributed by atoms with E-state index in [1.807, 2.05) is 27.7 Å². The lowest BCUT2D eigenvalue weighted by Crippen LogP contribution is -2.52. The van der Waals surface area contributed by atoms with Gasteiger partial charge in [0.05, 0.1) is 27.3 Å². The third-order valence-electron chi connectivity index (χ3n) is 5.54.